The van der Waals surface area contributed by atoms with Crippen LogP contribution in [-0.4, -0.2) is 28.0 Å². The van der Waals surface area contributed by atoms with E-state index in [1.807, 2.05) is 20.8 Å². The second-order valence-electron chi connectivity index (χ2n) is 4.57. The molecule has 0 unspecified atom stereocenters. The van der Waals surface area contributed by atoms with Crippen LogP contribution in [-0.2, 0) is 4.79 Å². The van der Waals surface area contributed by atoms with Crippen LogP contribution in [0.15, 0.2) is 6.20 Å². The molecule has 1 aromatic heterocycles. The third-order valence-electron chi connectivity index (χ3n) is 2.15. The predicted molar refractivity (Wildman–Crippen MR) is 72.7 cm³/mol. The highest BCUT2D eigenvalue weighted by molar-refractivity contribution is 6.32. The fourth-order valence-corrected chi connectivity index (χ4v) is 1.64. The van der Waals surface area contributed by atoms with Crippen molar-refractivity contribution in [1.29, 1.82) is 0 Å². The third kappa shape index (κ3) is 4.37. The Kier molecular flexibility index (Phi) is 4.72. The average Bonchev–Trinajstić information content (AvgIpc) is 2.21. The van der Waals surface area contributed by atoms with Crippen LogP contribution in [0.1, 0.15) is 27.2 Å². The van der Waals surface area contributed by atoms with Crippen LogP contribution in [0.25, 0.3) is 0 Å². The quantitative estimate of drug-likeness (QED) is 0.731. The zero-order valence-electron chi connectivity index (χ0n) is 10.7. The molecule has 1 amide bonds. The zero-order valence-corrected chi connectivity index (χ0v) is 11.5. The Balaban J connectivity index is 2.88. The number of carbonyl (C=O) groups is 1. The van der Waals surface area contributed by atoms with E-state index in [9.17, 15) is 4.79 Å². The fourth-order valence-electron chi connectivity index (χ4n) is 1.50. The van der Waals surface area contributed by atoms with Crippen molar-refractivity contribution < 1.29 is 4.79 Å². The van der Waals surface area contributed by atoms with Gasteiger partial charge in [0, 0.05) is 18.5 Å². The van der Waals surface area contributed by atoms with Crippen LogP contribution in [0.2, 0.25) is 5.02 Å². The molecule has 18 heavy (non-hydrogen) atoms. The predicted octanol–water partition coefficient (Wildman–Crippen LogP) is 1.63. The van der Waals surface area contributed by atoms with Gasteiger partial charge in [-0.15, -0.1) is 0 Å². The van der Waals surface area contributed by atoms with Crippen LogP contribution < -0.4 is 16.4 Å². The van der Waals surface area contributed by atoms with Gasteiger partial charge in [0.05, 0.1) is 6.20 Å². The number of primary amides is 1. The minimum Gasteiger partial charge on any atom is -0.370 e. The molecule has 0 fully saturated rings. The van der Waals surface area contributed by atoms with Crippen LogP contribution in [0.3, 0.4) is 0 Å². The van der Waals surface area contributed by atoms with E-state index < -0.39 is 5.54 Å². The fraction of sp³-hybridized carbons (Fsp3) is 0.545. The Labute approximate surface area is 111 Å². The van der Waals surface area contributed by atoms with E-state index in [-0.39, 0.29) is 12.3 Å². The Morgan fingerprint density at radius 1 is 1.56 bits per heavy atom. The highest BCUT2D eigenvalue weighted by Gasteiger charge is 2.22. The molecule has 1 aromatic rings. The maximum Gasteiger partial charge on any atom is 0.224 e. The standard InChI is InChI=1S/C11H18ClN5O/c1-4-14-10-15-6-7(12)9(16-10)17-11(2,3)5-8(13)18/h6H,4-5H2,1-3H3,(H2,13,18)(H2,14,15,16,17). The Morgan fingerprint density at radius 2 is 2.22 bits per heavy atom. The molecule has 0 aliphatic carbocycles. The summed E-state index contributed by atoms with van der Waals surface area (Å²) in [5, 5.41) is 6.48. The zero-order chi connectivity index (χ0) is 13.8. The van der Waals surface area contributed by atoms with E-state index in [4.69, 9.17) is 17.3 Å². The summed E-state index contributed by atoms with van der Waals surface area (Å²) in [5.41, 5.74) is 4.67. The monoisotopic (exact) mass is 271 g/mol. The first-order valence-corrected chi connectivity index (χ1v) is 6.05. The molecule has 0 bridgehead atoms. The number of hydrogen-bond acceptors (Lipinski definition) is 5. The molecule has 1 heterocycles. The first-order chi connectivity index (χ1) is 8.34. The summed E-state index contributed by atoms with van der Waals surface area (Å²) in [7, 11) is 0. The third-order valence-corrected chi connectivity index (χ3v) is 2.43. The largest absolute Gasteiger partial charge is 0.370 e. The molecule has 4 N–H and O–H groups in total. The van der Waals surface area contributed by atoms with Gasteiger partial charge in [0.1, 0.15) is 5.02 Å². The van der Waals surface area contributed by atoms with Gasteiger partial charge < -0.3 is 16.4 Å². The lowest BCUT2D eigenvalue weighted by atomic mass is 10.0. The minimum absolute atomic E-state index is 0.184. The number of amides is 1. The summed E-state index contributed by atoms with van der Waals surface area (Å²) in [5.74, 6) is 0.581. The van der Waals surface area contributed by atoms with Crippen LogP contribution in [0.4, 0.5) is 11.8 Å². The Hall–Kier alpha value is -1.56. The van der Waals surface area contributed by atoms with Crippen LogP contribution >= 0.6 is 11.6 Å². The first kappa shape index (κ1) is 14.5. The first-order valence-electron chi connectivity index (χ1n) is 5.67. The number of nitrogens with zero attached hydrogens (tertiary/aromatic N) is 2. The van der Waals surface area contributed by atoms with Gasteiger partial charge in [-0.2, -0.15) is 4.98 Å². The Bertz CT molecular complexity index is 435. The highest BCUT2D eigenvalue weighted by Crippen LogP contribution is 2.24. The average molecular weight is 272 g/mol. The molecule has 0 aliphatic rings. The number of anilines is 2. The number of carbonyl (C=O) groups excluding carboxylic acids is 1. The van der Waals surface area contributed by atoms with Crippen LogP contribution in [0, 0.1) is 0 Å². The molecule has 6 nitrogen and oxygen atoms in total. The summed E-state index contributed by atoms with van der Waals surface area (Å²) in [6, 6.07) is 0. The topological polar surface area (TPSA) is 92.9 Å². The summed E-state index contributed by atoms with van der Waals surface area (Å²) in [6.07, 6.45) is 1.69. The molecular formula is C11H18ClN5O. The lowest BCUT2D eigenvalue weighted by Crippen LogP contribution is -2.36. The van der Waals surface area contributed by atoms with Crippen molar-refractivity contribution in [3.05, 3.63) is 11.2 Å². The number of nitrogens with one attached hydrogen (secondary N) is 2. The Morgan fingerprint density at radius 3 is 2.78 bits per heavy atom. The van der Waals surface area contributed by atoms with Gasteiger partial charge in [0.2, 0.25) is 11.9 Å². The molecule has 100 valence electrons. The summed E-state index contributed by atoms with van der Waals surface area (Å²) >= 11 is 6.01. The van der Waals surface area contributed by atoms with Gasteiger partial charge in [0.25, 0.3) is 0 Å². The van der Waals surface area contributed by atoms with Crippen molar-refractivity contribution in [2.24, 2.45) is 5.73 Å². The van der Waals surface area contributed by atoms with E-state index in [1.165, 1.54) is 6.20 Å². The van der Waals surface area contributed by atoms with Crippen molar-refractivity contribution in [3.8, 4) is 0 Å². The molecule has 0 saturated carbocycles. The molecule has 7 heteroatoms. The smallest absolute Gasteiger partial charge is 0.224 e. The normalized spacial score (nSPS) is 11.1. The number of nitrogens with two attached hydrogens (primary N) is 1. The molecular weight excluding hydrogens is 254 g/mol. The molecule has 0 atom stereocenters. The molecule has 0 saturated heterocycles. The van der Waals surface area contributed by atoms with E-state index in [1.54, 1.807) is 0 Å². The number of hydrogen-bond donors (Lipinski definition) is 3. The van der Waals surface area contributed by atoms with Crippen molar-refractivity contribution in [3.63, 3.8) is 0 Å². The van der Waals surface area contributed by atoms with Gasteiger partial charge in [0.15, 0.2) is 5.82 Å². The molecule has 0 radical (unpaired) electrons. The second kappa shape index (κ2) is 5.86. The van der Waals surface area contributed by atoms with E-state index >= 15 is 0 Å². The van der Waals surface area contributed by atoms with Gasteiger partial charge in [-0.25, -0.2) is 4.98 Å². The molecule has 0 aliphatic heterocycles. The van der Waals surface area contributed by atoms with Crippen molar-refractivity contribution in [2.75, 3.05) is 17.2 Å². The second-order valence-corrected chi connectivity index (χ2v) is 4.98. The lowest BCUT2D eigenvalue weighted by molar-refractivity contribution is -0.118. The summed E-state index contributed by atoms with van der Waals surface area (Å²) in [6.45, 7) is 6.36. The van der Waals surface area contributed by atoms with Gasteiger partial charge in [-0.05, 0) is 20.8 Å². The minimum atomic E-state index is -0.521. The van der Waals surface area contributed by atoms with Crippen molar-refractivity contribution in [2.45, 2.75) is 32.7 Å². The van der Waals surface area contributed by atoms with Gasteiger partial charge in [-0.1, -0.05) is 11.6 Å². The molecule has 0 aromatic carbocycles. The number of rotatable bonds is 6. The molecule has 1 rings (SSSR count). The number of halogens is 1. The van der Waals surface area contributed by atoms with E-state index in [2.05, 4.69) is 20.6 Å². The summed E-state index contributed by atoms with van der Waals surface area (Å²) < 4.78 is 0. The lowest BCUT2D eigenvalue weighted by Gasteiger charge is -2.26. The van der Waals surface area contributed by atoms with Crippen molar-refractivity contribution >= 4 is 29.3 Å². The van der Waals surface area contributed by atoms with Crippen LogP contribution in [0.5, 0.6) is 0 Å². The van der Waals surface area contributed by atoms with E-state index in [0.29, 0.717) is 23.3 Å². The highest BCUT2D eigenvalue weighted by atomic mass is 35.5. The number of aromatic nitrogens is 2. The van der Waals surface area contributed by atoms with Gasteiger partial charge in [-0.3, -0.25) is 4.79 Å². The SMILES string of the molecule is CCNc1ncc(Cl)c(NC(C)(C)CC(N)=O)n1. The van der Waals surface area contributed by atoms with E-state index in [0.717, 1.165) is 0 Å². The maximum absolute atomic E-state index is 11.0. The van der Waals surface area contributed by atoms with Crippen molar-refractivity contribution in [1.82, 2.24) is 9.97 Å². The van der Waals surface area contributed by atoms with Gasteiger partial charge >= 0.3 is 0 Å². The molecule has 0 spiro atoms. The summed E-state index contributed by atoms with van der Waals surface area (Å²) in [4.78, 5) is 19.2. The maximum atomic E-state index is 11.0.